The van der Waals surface area contributed by atoms with Crippen molar-refractivity contribution in [3.8, 4) is 17.1 Å². The van der Waals surface area contributed by atoms with Gasteiger partial charge >= 0.3 is 6.61 Å². The second-order valence-corrected chi connectivity index (χ2v) is 3.13. The first-order valence-corrected chi connectivity index (χ1v) is 4.59. The Balaban J connectivity index is 2.48. The third kappa shape index (κ3) is 2.10. The van der Waals surface area contributed by atoms with Crippen LogP contribution in [0.15, 0.2) is 24.3 Å². The molecule has 0 saturated heterocycles. The van der Waals surface area contributed by atoms with Crippen molar-refractivity contribution in [2.45, 2.75) is 6.61 Å². The Morgan fingerprint density at radius 1 is 1.24 bits per heavy atom. The Hall–Kier alpha value is -2.38. The van der Waals surface area contributed by atoms with Gasteiger partial charge in [-0.1, -0.05) is 12.1 Å². The summed E-state index contributed by atoms with van der Waals surface area (Å²) < 4.78 is 29.7. The molecule has 6 nitrogen and oxygen atoms in total. The lowest BCUT2D eigenvalue weighted by Crippen LogP contribution is -2.14. The highest BCUT2D eigenvalue weighted by Gasteiger charge is 2.16. The average Bonchev–Trinajstić information content (AvgIpc) is 2.60. The van der Waals surface area contributed by atoms with Gasteiger partial charge in [-0.3, -0.25) is 0 Å². The van der Waals surface area contributed by atoms with E-state index >= 15 is 0 Å². The number of hydrogen-bond acceptors (Lipinski definition) is 5. The zero-order chi connectivity index (χ0) is 12.4. The highest BCUT2D eigenvalue weighted by atomic mass is 19.3. The van der Waals surface area contributed by atoms with E-state index in [-0.39, 0.29) is 17.5 Å². The van der Waals surface area contributed by atoms with Crippen molar-refractivity contribution in [3.63, 3.8) is 0 Å². The van der Waals surface area contributed by atoms with Crippen LogP contribution in [0.25, 0.3) is 11.4 Å². The maximum atomic E-state index is 12.2. The zero-order valence-electron chi connectivity index (χ0n) is 8.55. The number of alkyl halides is 2. The molecule has 0 bridgehead atoms. The summed E-state index contributed by atoms with van der Waals surface area (Å²) in [6.07, 6.45) is 0. The third-order valence-electron chi connectivity index (χ3n) is 2.07. The Morgan fingerprint density at radius 3 is 2.53 bits per heavy atom. The van der Waals surface area contributed by atoms with Gasteiger partial charge in [0, 0.05) is 0 Å². The summed E-state index contributed by atoms with van der Waals surface area (Å²) in [5.74, 6) is 5.65. The van der Waals surface area contributed by atoms with E-state index in [9.17, 15) is 8.78 Å². The highest BCUT2D eigenvalue weighted by Crippen LogP contribution is 2.29. The number of ether oxygens (including phenoxy) is 1. The minimum Gasteiger partial charge on any atom is -0.434 e. The van der Waals surface area contributed by atoms with Crippen molar-refractivity contribution in [2.24, 2.45) is 0 Å². The molecule has 0 unspecified atom stereocenters. The fraction of sp³-hybridized carbons (Fsp3) is 0.111. The van der Waals surface area contributed by atoms with Crippen LogP contribution in [0, 0.1) is 0 Å². The Labute approximate surface area is 94.8 Å². The summed E-state index contributed by atoms with van der Waals surface area (Å²) >= 11 is 0. The van der Waals surface area contributed by atoms with Gasteiger partial charge < -0.3 is 16.3 Å². The molecule has 8 heteroatoms. The molecule has 0 fully saturated rings. The summed E-state index contributed by atoms with van der Waals surface area (Å²) in [5, 5.41) is 7.23. The molecule has 0 aliphatic heterocycles. The minimum absolute atomic E-state index is 0.0214. The fourth-order valence-corrected chi connectivity index (χ4v) is 1.34. The molecule has 2 rings (SSSR count). The van der Waals surface area contributed by atoms with Gasteiger partial charge in [0.15, 0.2) is 5.82 Å². The first kappa shape index (κ1) is 11.1. The maximum Gasteiger partial charge on any atom is 0.387 e. The first-order valence-electron chi connectivity index (χ1n) is 4.59. The summed E-state index contributed by atoms with van der Waals surface area (Å²) in [4.78, 5) is 0. The standard InChI is InChI=1S/C9H9F2N5O/c10-8(11)17-6-4-2-1-3-5(6)7-14-15-9(12)16(7)13/h1-4,8H,13H2,(H2,12,15). The average molecular weight is 241 g/mol. The molecule has 0 amide bonds. The number of benzene rings is 1. The second kappa shape index (κ2) is 4.24. The van der Waals surface area contributed by atoms with Crippen molar-refractivity contribution in [1.82, 2.24) is 14.9 Å². The van der Waals surface area contributed by atoms with Gasteiger partial charge in [-0.2, -0.15) is 8.78 Å². The molecule has 1 aromatic heterocycles. The van der Waals surface area contributed by atoms with Gasteiger partial charge in [0.2, 0.25) is 5.95 Å². The van der Waals surface area contributed by atoms with Crippen molar-refractivity contribution in [1.29, 1.82) is 0 Å². The van der Waals surface area contributed by atoms with E-state index in [1.807, 2.05) is 0 Å². The molecule has 0 radical (unpaired) electrons. The third-order valence-corrected chi connectivity index (χ3v) is 2.07. The molecule has 90 valence electrons. The van der Waals surface area contributed by atoms with Crippen LogP contribution in [0.1, 0.15) is 0 Å². The second-order valence-electron chi connectivity index (χ2n) is 3.13. The van der Waals surface area contributed by atoms with E-state index in [0.717, 1.165) is 4.68 Å². The predicted octanol–water partition coefficient (Wildman–Crippen LogP) is 0.842. The summed E-state index contributed by atoms with van der Waals surface area (Å²) in [6.45, 7) is -2.93. The van der Waals surface area contributed by atoms with E-state index < -0.39 is 6.61 Å². The number of halogens is 2. The number of hydrogen-bond donors (Lipinski definition) is 2. The van der Waals surface area contributed by atoms with Gasteiger partial charge in [0.05, 0.1) is 5.56 Å². The number of aromatic nitrogens is 3. The van der Waals surface area contributed by atoms with E-state index in [2.05, 4.69) is 14.9 Å². The maximum absolute atomic E-state index is 12.2. The van der Waals surface area contributed by atoms with Gasteiger partial charge in [-0.05, 0) is 12.1 Å². The van der Waals surface area contributed by atoms with Gasteiger partial charge in [-0.15, -0.1) is 10.2 Å². The molecule has 2 aromatic rings. The van der Waals surface area contributed by atoms with Crippen molar-refractivity contribution in [2.75, 3.05) is 11.6 Å². The number of rotatable bonds is 3. The Morgan fingerprint density at radius 2 is 1.94 bits per heavy atom. The van der Waals surface area contributed by atoms with E-state index in [0.29, 0.717) is 5.56 Å². The minimum atomic E-state index is -2.93. The van der Waals surface area contributed by atoms with Crippen molar-refractivity contribution >= 4 is 5.95 Å². The normalized spacial score (nSPS) is 10.8. The summed E-state index contributed by atoms with van der Waals surface area (Å²) in [7, 11) is 0. The summed E-state index contributed by atoms with van der Waals surface area (Å²) in [6, 6.07) is 6.11. The van der Waals surface area contributed by atoms with Crippen LogP contribution in [0.5, 0.6) is 5.75 Å². The summed E-state index contributed by atoms with van der Waals surface area (Å²) in [5.41, 5.74) is 5.70. The fourth-order valence-electron chi connectivity index (χ4n) is 1.34. The van der Waals surface area contributed by atoms with Gasteiger partial charge in [0.25, 0.3) is 0 Å². The van der Waals surface area contributed by atoms with Crippen LogP contribution in [0.4, 0.5) is 14.7 Å². The molecule has 4 N–H and O–H groups in total. The van der Waals surface area contributed by atoms with Crippen molar-refractivity contribution in [3.05, 3.63) is 24.3 Å². The molecule has 1 aromatic carbocycles. The van der Waals surface area contributed by atoms with E-state index in [4.69, 9.17) is 11.6 Å². The lowest BCUT2D eigenvalue weighted by atomic mass is 10.2. The molecule has 0 atom stereocenters. The molecule has 0 spiro atoms. The molecule has 17 heavy (non-hydrogen) atoms. The lowest BCUT2D eigenvalue weighted by molar-refractivity contribution is -0.0494. The van der Waals surface area contributed by atoms with Crippen LogP contribution in [0.2, 0.25) is 0 Å². The zero-order valence-corrected chi connectivity index (χ0v) is 8.55. The first-order chi connectivity index (χ1) is 8.09. The molecule has 0 aliphatic carbocycles. The molecule has 0 aliphatic rings. The predicted molar refractivity (Wildman–Crippen MR) is 56.7 cm³/mol. The topological polar surface area (TPSA) is 92.0 Å². The van der Waals surface area contributed by atoms with Gasteiger partial charge in [0.1, 0.15) is 5.75 Å². The van der Waals surface area contributed by atoms with Crippen LogP contribution >= 0.6 is 0 Å². The number of nitrogen functional groups attached to an aromatic ring is 2. The van der Waals surface area contributed by atoms with Crippen LogP contribution < -0.4 is 16.3 Å². The smallest absolute Gasteiger partial charge is 0.387 e. The van der Waals surface area contributed by atoms with E-state index in [1.54, 1.807) is 12.1 Å². The van der Waals surface area contributed by atoms with Crippen LogP contribution in [-0.4, -0.2) is 21.5 Å². The number of para-hydroxylation sites is 1. The Bertz CT molecular complexity index is 528. The Kier molecular flexibility index (Phi) is 2.77. The highest BCUT2D eigenvalue weighted by molar-refractivity contribution is 5.65. The van der Waals surface area contributed by atoms with Gasteiger partial charge in [-0.25, -0.2) is 4.68 Å². The monoisotopic (exact) mass is 241 g/mol. The molecular weight excluding hydrogens is 232 g/mol. The van der Waals surface area contributed by atoms with Crippen LogP contribution in [0.3, 0.4) is 0 Å². The number of anilines is 1. The SMILES string of the molecule is Nc1nnc(-c2ccccc2OC(F)F)n1N. The number of nitrogens with two attached hydrogens (primary N) is 2. The van der Waals surface area contributed by atoms with Crippen LogP contribution in [-0.2, 0) is 0 Å². The molecule has 0 saturated carbocycles. The molecular formula is C9H9F2N5O. The quantitative estimate of drug-likeness (QED) is 0.777. The van der Waals surface area contributed by atoms with Crippen molar-refractivity contribution < 1.29 is 13.5 Å². The lowest BCUT2D eigenvalue weighted by Gasteiger charge is -2.09. The largest absolute Gasteiger partial charge is 0.434 e. The molecule has 1 heterocycles. The van der Waals surface area contributed by atoms with E-state index in [1.165, 1.54) is 12.1 Å². The number of nitrogens with zero attached hydrogens (tertiary/aromatic N) is 3.